The number of hydrogen-bond acceptors (Lipinski definition) is 5. The number of benzene rings is 2. The van der Waals surface area contributed by atoms with E-state index in [9.17, 15) is 13.2 Å². The van der Waals surface area contributed by atoms with E-state index in [0.29, 0.717) is 30.4 Å². The molecule has 1 saturated carbocycles. The fourth-order valence-electron chi connectivity index (χ4n) is 4.10. The number of nitrogen functional groups attached to an aromatic ring is 1. The zero-order valence-corrected chi connectivity index (χ0v) is 18.3. The van der Waals surface area contributed by atoms with Gasteiger partial charge in [-0.25, -0.2) is 5.84 Å². The first-order valence-corrected chi connectivity index (χ1v) is 12.1. The molecular formula is C22H29N5O3S. The summed E-state index contributed by atoms with van der Waals surface area (Å²) in [5.74, 6) is 4.80. The second-order valence-corrected chi connectivity index (χ2v) is 9.89. The first-order valence-electron chi connectivity index (χ1n) is 10.7. The van der Waals surface area contributed by atoms with Crippen molar-refractivity contribution in [2.24, 2.45) is 5.84 Å². The van der Waals surface area contributed by atoms with Crippen LogP contribution in [0.25, 0.3) is 0 Å². The molecule has 1 heterocycles. The SMILES string of the molecule is NNC(=O)c1ccc(CN(c2ccccc2)S(=O)(=O)N2CCN(C3CCC3)CC2)cc1. The molecule has 0 radical (unpaired) electrons. The van der Waals surface area contributed by atoms with Crippen LogP contribution >= 0.6 is 0 Å². The van der Waals surface area contributed by atoms with E-state index < -0.39 is 10.2 Å². The molecule has 0 bridgehead atoms. The van der Waals surface area contributed by atoms with Gasteiger partial charge in [-0.05, 0) is 42.7 Å². The number of para-hydroxylation sites is 1. The number of nitrogens with zero attached hydrogens (tertiary/aromatic N) is 3. The maximum atomic E-state index is 13.6. The van der Waals surface area contributed by atoms with Crippen molar-refractivity contribution in [1.82, 2.24) is 14.6 Å². The van der Waals surface area contributed by atoms with Crippen molar-refractivity contribution < 1.29 is 13.2 Å². The van der Waals surface area contributed by atoms with Gasteiger partial charge in [0.05, 0.1) is 12.2 Å². The highest BCUT2D eigenvalue weighted by molar-refractivity contribution is 7.90. The minimum atomic E-state index is -3.70. The van der Waals surface area contributed by atoms with Gasteiger partial charge < -0.3 is 0 Å². The summed E-state index contributed by atoms with van der Waals surface area (Å²) in [6.07, 6.45) is 3.72. The van der Waals surface area contributed by atoms with Crippen LogP contribution in [0.2, 0.25) is 0 Å². The number of amides is 1. The Bertz CT molecular complexity index is 986. The predicted octanol–water partition coefficient (Wildman–Crippen LogP) is 1.71. The van der Waals surface area contributed by atoms with Gasteiger partial charge in [-0.1, -0.05) is 36.8 Å². The fourth-order valence-corrected chi connectivity index (χ4v) is 5.71. The van der Waals surface area contributed by atoms with Gasteiger partial charge in [0.25, 0.3) is 5.91 Å². The quantitative estimate of drug-likeness (QED) is 0.386. The zero-order chi connectivity index (χ0) is 21.8. The number of anilines is 1. The molecule has 0 atom stereocenters. The summed E-state index contributed by atoms with van der Waals surface area (Å²) in [6.45, 7) is 2.72. The smallest absolute Gasteiger partial charge is 0.298 e. The molecular weight excluding hydrogens is 414 g/mol. The number of carbonyl (C=O) groups is 1. The van der Waals surface area contributed by atoms with E-state index in [1.54, 1.807) is 40.7 Å². The van der Waals surface area contributed by atoms with Crippen LogP contribution in [0.3, 0.4) is 0 Å². The Morgan fingerprint density at radius 3 is 2.19 bits per heavy atom. The highest BCUT2D eigenvalue weighted by atomic mass is 32.2. The Morgan fingerprint density at radius 1 is 1.00 bits per heavy atom. The van der Waals surface area contributed by atoms with Crippen molar-refractivity contribution in [1.29, 1.82) is 0 Å². The molecule has 2 aliphatic rings. The predicted molar refractivity (Wildman–Crippen MR) is 120 cm³/mol. The molecule has 0 unspecified atom stereocenters. The summed E-state index contributed by atoms with van der Waals surface area (Å²) in [4.78, 5) is 14.1. The van der Waals surface area contributed by atoms with Gasteiger partial charge in [0.2, 0.25) is 0 Å². The minimum Gasteiger partial charge on any atom is -0.298 e. The lowest BCUT2D eigenvalue weighted by Gasteiger charge is -2.43. The largest absolute Gasteiger partial charge is 0.304 e. The number of nitrogens with one attached hydrogen (secondary N) is 1. The average molecular weight is 444 g/mol. The van der Waals surface area contributed by atoms with Crippen LogP contribution in [0.4, 0.5) is 5.69 Å². The van der Waals surface area contributed by atoms with Gasteiger partial charge in [0, 0.05) is 37.8 Å². The fraction of sp³-hybridized carbons (Fsp3) is 0.409. The lowest BCUT2D eigenvalue weighted by atomic mass is 9.91. The van der Waals surface area contributed by atoms with E-state index in [1.807, 2.05) is 18.2 Å². The highest BCUT2D eigenvalue weighted by Crippen LogP contribution is 2.28. The normalized spacial score (nSPS) is 18.4. The maximum Gasteiger partial charge on any atom is 0.304 e. The van der Waals surface area contributed by atoms with Gasteiger partial charge in [0.1, 0.15) is 0 Å². The molecule has 31 heavy (non-hydrogen) atoms. The number of piperazine rings is 1. The first kappa shape index (κ1) is 21.8. The van der Waals surface area contributed by atoms with Crippen LogP contribution in [0.5, 0.6) is 0 Å². The van der Waals surface area contributed by atoms with E-state index in [4.69, 9.17) is 5.84 Å². The molecule has 1 saturated heterocycles. The summed E-state index contributed by atoms with van der Waals surface area (Å²) >= 11 is 0. The van der Waals surface area contributed by atoms with Crippen LogP contribution in [0, 0.1) is 0 Å². The Morgan fingerprint density at radius 2 is 1.65 bits per heavy atom. The monoisotopic (exact) mass is 443 g/mol. The number of carbonyl (C=O) groups excluding carboxylic acids is 1. The summed E-state index contributed by atoms with van der Waals surface area (Å²) in [5.41, 5.74) is 3.93. The van der Waals surface area contributed by atoms with E-state index >= 15 is 0 Å². The van der Waals surface area contributed by atoms with Gasteiger partial charge in [0.15, 0.2) is 0 Å². The summed E-state index contributed by atoms with van der Waals surface area (Å²) in [7, 11) is -3.70. The van der Waals surface area contributed by atoms with Crippen molar-refractivity contribution in [3.63, 3.8) is 0 Å². The molecule has 1 aliphatic heterocycles. The maximum absolute atomic E-state index is 13.6. The molecule has 4 rings (SSSR count). The highest BCUT2D eigenvalue weighted by Gasteiger charge is 2.35. The Balaban J connectivity index is 1.54. The van der Waals surface area contributed by atoms with Crippen molar-refractivity contribution >= 4 is 21.8 Å². The van der Waals surface area contributed by atoms with Gasteiger partial charge in [-0.3, -0.25) is 19.4 Å². The van der Waals surface area contributed by atoms with E-state index in [0.717, 1.165) is 18.7 Å². The third kappa shape index (κ3) is 4.74. The van der Waals surface area contributed by atoms with Crippen LogP contribution in [0.15, 0.2) is 54.6 Å². The lowest BCUT2D eigenvalue weighted by Crippen LogP contribution is -2.56. The topological polar surface area (TPSA) is 99.0 Å². The van der Waals surface area contributed by atoms with E-state index in [1.165, 1.54) is 23.6 Å². The summed E-state index contributed by atoms with van der Waals surface area (Å²) < 4.78 is 30.3. The number of hydrogen-bond donors (Lipinski definition) is 2. The van der Waals surface area contributed by atoms with Crippen LogP contribution in [-0.2, 0) is 16.8 Å². The molecule has 2 fully saturated rings. The molecule has 166 valence electrons. The number of nitrogens with two attached hydrogens (primary N) is 1. The van der Waals surface area contributed by atoms with Gasteiger partial charge >= 0.3 is 10.2 Å². The Hall–Kier alpha value is -2.46. The molecule has 1 aliphatic carbocycles. The number of rotatable bonds is 7. The number of hydrazine groups is 1. The molecule has 0 aromatic heterocycles. The van der Waals surface area contributed by atoms with E-state index in [-0.39, 0.29) is 12.5 Å². The van der Waals surface area contributed by atoms with Crippen LogP contribution in [0.1, 0.15) is 35.2 Å². The molecule has 0 spiro atoms. The molecule has 3 N–H and O–H groups in total. The molecule has 1 amide bonds. The first-order chi connectivity index (χ1) is 15.0. The van der Waals surface area contributed by atoms with Crippen molar-refractivity contribution in [2.75, 3.05) is 30.5 Å². The standard InChI is InChI=1S/C22H29N5O3S/c23-24-22(28)19-11-9-18(10-12-19)17-27(21-5-2-1-3-6-21)31(29,30)26-15-13-25(14-16-26)20-7-4-8-20/h1-3,5-6,9-12,20H,4,7-8,13-17,23H2,(H,24,28). The Labute approximate surface area is 183 Å². The molecule has 8 nitrogen and oxygen atoms in total. The van der Waals surface area contributed by atoms with Crippen molar-refractivity contribution in [3.05, 3.63) is 65.7 Å². The minimum absolute atomic E-state index is 0.180. The van der Waals surface area contributed by atoms with Crippen molar-refractivity contribution in [3.8, 4) is 0 Å². The lowest BCUT2D eigenvalue weighted by molar-refractivity contribution is 0.0888. The van der Waals surface area contributed by atoms with Gasteiger partial charge in [-0.2, -0.15) is 12.7 Å². The second-order valence-electron chi connectivity index (χ2n) is 8.04. The van der Waals surface area contributed by atoms with Crippen LogP contribution < -0.4 is 15.6 Å². The molecule has 2 aromatic carbocycles. The summed E-state index contributed by atoms with van der Waals surface area (Å²) in [5, 5.41) is 0. The summed E-state index contributed by atoms with van der Waals surface area (Å²) in [6, 6.07) is 16.6. The molecule has 9 heteroatoms. The van der Waals surface area contributed by atoms with Crippen molar-refractivity contribution in [2.45, 2.75) is 31.8 Å². The second kappa shape index (κ2) is 9.35. The zero-order valence-electron chi connectivity index (χ0n) is 17.5. The Kier molecular flexibility index (Phi) is 6.57. The third-order valence-electron chi connectivity index (χ3n) is 6.19. The van der Waals surface area contributed by atoms with E-state index in [2.05, 4.69) is 10.3 Å². The average Bonchev–Trinajstić information content (AvgIpc) is 2.77. The third-order valence-corrected chi connectivity index (χ3v) is 8.10. The van der Waals surface area contributed by atoms with Crippen LogP contribution in [-0.4, -0.2) is 55.8 Å². The van der Waals surface area contributed by atoms with Gasteiger partial charge in [-0.15, -0.1) is 0 Å². The molecule has 2 aromatic rings.